The molecule has 4 atom stereocenters. The molecule has 174 valence electrons. The third kappa shape index (κ3) is 6.01. The summed E-state index contributed by atoms with van der Waals surface area (Å²) in [5.74, 6) is 1.67. The zero-order valence-corrected chi connectivity index (χ0v) is 19.7. The summed E-state index contributed by atoms with van der Waals surface area (Å²) in [7, 11) is 1.68. The number of ether oxygens (including phenoxy) is 1. The van der Waals surface area contributed by atoms with E-state index in [2.05, 4.69) is 36.2 Å². The van der Waals surface area contributed by atoms with E-state index < -0.39 is 5.60 Å². The van der Waals surface area contributed by atoms with Crippen molar-refractivity contribution in [1.29, 1.82) is 0 Å². The molecule has 2 fully saturated rings. The molecule has 1 amide bonds. The van der Waals surface area contributed by atoms with Crippen molar-refractivity contribution in [2.45, 2.75) is 83.3 Å². The number of methoxy groups -OCH3 is 1. The molecule has 0 bridgehead atoms. The quantitative estimate of drug-likeness (QED) is 0.565. The van der Waals surface area contributed by atoms with Gasteiger partial charge in [-0.3, -0.25) is 9.69 Å². The predicted molar refractivity (Wildman–Crippen MR) is 125 cm³/mol. The predicted octanol–water partition coefficient (Wildman–Crippen LogP) is 4.70. The third-order valence-corrected chi connectivity index (χ3v) is 7.61. The van der Waals surface area contributed by atoms with Crippen LogP contribution in [-0.2, 0) is 4.79 Å². The molecular formula is C26H42N2O3. The average Bonchev–Trinajstić information content (AvgIpc) is 2.79. The van der Waals surface area contributed by atoms with Crippen LogP contribution in [-0.4, -0.2) is 48.3 Å². The average molecular weight is 431 g/mol. The highest BCUT2D eigenvalue weighted by Gasteiger charge is 2.49. The summed E-state index contributed by atoms with van der Waals surface area (Å²) in [6.45, 7) is 6.34. The lowest BCUT2D eigenvalue weighted by Crippen LogP contribution is -2.56. The number of nitrogens with zero attached hydrogens (tertiary/aromatic N) is 1. The van der Waals surface area contributed by atoms with E-state index in [4.69, 9.17) is 4.74 Å². The zero-order chi connectivity index (χ0) is 22.3. The molecule has 31 heavy (non-hydrogen) atoms. The number of rotatable bonds is 10. The second-order valence-electron chi connectivity index (χ2n) is 9.61. The third-order valence-electron chi connectivity index (χ3n) is 7.61. The molecule has 1 saturated heterocycles. The number of amides is 1. The van der Waals surface area contributed by atoms with Crippen molar-refractivity contribution in [2.24, 2.45) is 11.8 Å². The first kappa shape index (κ1) is 24.1. The molecule has 1 saturated carbocycles. The summed E-state index contributed by atoms with van der Waals surface area (Å²) < 4.78 is 5.34. The number of likely N-dealkylation sites (tertiary alicyclic amines) is 1. The number of hydrogen-bond acceptors (Lipinski definition) is 4. The standard InChI is InChI=1S/C26H42N2O3/c1-4-6-9-20(5-2)18-27-24(29)19-28-17-16-26(30)15-8-7-10-23(26)25(28)21-11-13-22(31-3)14-12-21/h11-14,20,23,25,30H,4-10,15-19H2,1-3H3,(H,27,29)/t20-,23+,25-,26+/m0/s1. The molecule has 0 unspecified atom stereocenters. The van der Waals surface area contributed by atoms with E-state index in [1.807, 2.05) is 12.1 Å². The van der Waals surface area contributed by atoms with Gasteiger partial charge in [-0.25, -0.2) is 0 Å². The fourth-order valence-corrected chi connectivity index (χ4v) is 5.61. The minimum Gasteiger partial charge on any atom is -0.497 e. The maximum absolute atomic E-state index is 12.9. The molecule has 5 nitrogen and oxygen atoms in total. The van der Waals surface area contributed by atoms with E-state index in [0.29, 0.717) is 12.5 Å². The summed E-state index contributed by atoms with van der Waals surface area (Å²) in [5.41, 5.74) is 0.566. The number of carbonyl (C=O) groups is 1. The maximum atomic E-state index is 12.9. The number of piperidine rings is 1. The number of carbonyl (C=O) groups excluding carboxylic acids is 1. The molecule has 5 heteroatoms. The number of nitrogens with one attached hydrogen (secondary N) is 1. The van der Waals surface area contributed by atoms with Crippen LogP contribution >= 0.6 is 0 Å². The summed E-state index contributed by atoms with van der Waals surface area (Å²) in [6.07, 6.45) is 9.60. The Morgan fingerprint density at radius 2 is 2.03 bits per heavy atom. The molecule has 0 spiro atoms. The lowest BCUT2D eigenvalue weighted by Gasteiger charge is -2.52. The van der Waals surface area contributed by atoms with E-state index >= 15 is 0 Å². The number of unbranched alkanes of at least 4 members (excludes halogenated alkanes) is 1. The van der Waals surface area contributed by atoms with Gasteiger partial charge < -0.3 is 15.2 Å². The first-order chi connectivity index (χ1) is 15.0. The first-order valence-electron chi connectivity index (χ1n) is 12.4. The zero-order valence-electron chi connectivity index (χ0n) is 19.7. The van der Waals surface area contributed by atoms with Gasteiger partial charge in [-0.05, 0) is 49.3 Å². The fourth-order valence-electron chi connectivity index (χ4n) is 5.61. The van der Waals surface area contributed by atoms with Crippen LogP contribution in [0.3, 0.4) is 0 Å². The topological polar surface area (TPSA) is 61.8 Å². The van der Waals surface area contributed by atoms with Gasteiger partial charge in [-0.1, -0.05) is 58.1 Å². The Balaban J connectivity index is 1.71. The van der Waals surface area contributed by atoms with Crippen LogP contribution in [0.25, 0.3) is 0 Å². The van der Waals surface area contributed by atoms with Crippen molar-refractivity contribution in [2.75, 3.05) is 26.7 Å². The van der Waals surface area contributed by atoms with E-state index in [9.17, 15) is 9.90 Å². The first-order valence-corrected chi connectivity index (χ1v) is 12.4. The number of aliphatic hydroxyl groups is 1. The van der Waals surface area contributed by atoms with Crippen molar-refractivity contribution in [3.8, 4) is 5.75 Å². The second kappa shape index (κ2) is 11.3. The van der Waals surface area contributed by atoms with Gasteiger partial charge in [0.15, 0.2) is 0 Å². The number of fused-ring (bicyclic) bond motifs is 1. The second-order valence-corrected chi connectivity index (χ2v) is 9.61. The van der Waals surface area contributed by atoms with Gasteiger partial charge in [-0.2, -0.15) is 0 Å². The van der Waals surface area contributed by atoms with Crippen LogP contribution in [0.4, 0.5) is 0 Å². The van der Waals surface area contributed by atoms with Gasteiger partial charge in [0.25, 0.3) is 0 Å². The van der Waals surface area contributed by atoms with E-state index in [-0.39, 0.29) is 17.9 Å². The van der Waals surface area contributed by atoms with Gasteiger partial charge in [-0.15, -0.1) is 0 Å². The summed E-state index contributed by atoms with van der Waals surface area (Å²) in [5, 5.41) is 14.6. The highest BCUT2D eigenvalue weighted by molar-refractivity contribution is 5.78. The van der Waals surface area contributed by atoms with Gasteiger partial charge in [0, 0.05) is 25.0 Å². The van der Waals surface area contributed by atoms with Crippen molar-refractivity contribution >= 4 is 5.91 Å². The van der Waals surface area contributed by atoms with Crippen molar-refractivity contribution in [1.82, 2.24) is 10.2 Å². The Bertz CT molecular complexity index is 692. The van der Waals surface area contributed by atoms with Crippen LogP contribution in [0.2, 0.25) is 0 Å². The number of hydrogen-bond donors (Lipinski definition) is 2. The smallest absolute Gasteiger partial charge is 0.234 e. The van der Waals surface area contributed by atoms with Gasteiger partial charge in [0.2, 0.25) is 5.91 Å². The van der Waals surface area contributed by atoms with Crippen LogP contribution < -0.4 is 10.1 Å². The van der Waals surface area contributed by atoms with Gasteiger partial charge >= 0.3 is 0 Å². The molecular weight excluding hydrogens is 388 g/mol. The minimum atomic E-state index is -0.608. The molecule has 0 aromatic heterocycles. The summed E-state index contributed by atoms with van der Waals surface area (Å²) in [4.78, 5) is 15.2. The maximum Gasteiger partial charge on any atom is 0.234 e. The Morgan fingerprint density at radius 1 is 1.26 bits per heavy atom. The largest absolute Gasteiger partial charge is 0.497 e. The number of benzene rings is 1. The van der Waals surface area contributed by atoms with Crippen LogP contribution in [0.15, 0.2) is 24.3 Å². The van der Waals surface area contributed by atoms with E-state index in [1.165, 1.54) is 24.8 Å². The van der Waals surface area contributed by atoms with Crippen LogP contribution in [0.1, 0.15) is 83.2 Å². The fraction of sp³-hybridized carbons (Fsp3) is 0.731. The van der Waals surface area contributed by atoms with Crippen molar-refractivity contribution in [3.63, 3.8) is 0 Å². The molecule has 3 rings (SSSR count). The molecule has 2 N–H and O–H groups in total. The Labute approximate surface area is 188 Å². The summed E-state index contributed by atoms with van der Waals surface area (Å²) >= 11 is 0. The molecule has 2 aliphatic rings. The van der Waals surface area contributed by atoms with E-state index in [1.54, 1.807) is 7.11 Å². The van der Waals surface area contributed by atoms with Crippen LogP contribution in [0.5, 0.6) is 5.75 Å². The Morgan fingerprint density at radius 3 is 2.71 bits per heavy atom. The highest BCUT2D eigenvalue weighted by Crippen LogP contribution is 2.49. The highest BCUT2D eigenvalue weighted by atomic mass is 16.5. The Hall–Kier alpha value is -1.59. The molecule has 1 aromatic rings. The molecule has 1 aliphatic heterocycles. The molecule has 1 aromatic carbocycles. The molecule has 1 aliphatic carbocycles. The lowest BCUT2D eigenvalue weighted by atomic mass is 9.66. The normalized spacial score (nSPS) is 27.4. The lowest BCUT2D eigenvalue weighted by molar-refractivity contribution is -0.138. The molecule has 0 radical (unpaired) electrons. The SMILES string of the molecule is CCCC[C@H](CC)CNC(=O)CN1CC[C@]2(O)CCCC[C@@H]2[C@@H]1c1ccc(OC)cc1. The minimum absolute atomic E-state index is 0.0674. The van der Waals surface area contributed by atoms with Gasteiger partial charge in [0.05, 0.1) is 19.3 Å². The monoisotopic (exact) mass is 430 g/mol. The van der Waals surface area contributed by atoms with Gasteiger partial charge in [0.1, 0.15) is 5.75 Å². The van der Waals surface area contributed by atoms with E-state index in [0.717, 1.165) is 57.4 Å². The van der Waals surface area contributed by atoms with Crippen molar-refractivity contribution in [3.05, 3.63) is 29.8 Å². The summed E-state index contributed by atoms with van der Waals surface area (Å²) in [6, 6.07) is 8.25. The molecule has 1 heterocycles. The Kier molecular flexibility index (Phi) is 8.79. The van der Waals surface area contributed by atoms with Crippen LogP contribution in [0, 0.1) is 11.8 Å². The van der Waals surface area contributed by atoms with Crippen molar-refractivity contribution < 1.29 is 14.6 Å².